The molecule has 1 saturated carbocycles. The lowest BCUT2D eigenvalue weighted by atomic mass is 9.53. The molecule has 2 aromatic rings. The molecule has 0 spiro atoms. The molecular weight excluding hydrogens is 496 g/mol. The van der Waals surface area contributed by atoms with E-state index in [1.165, 1.54) is 16.4 Å². The first-order valence-electron chi connectivity index (χ1n) is 13.2. The van der Waals surface area contributed by atoms with Gasteiger partial charge in [-0.15, -0.1) is 0 Å². The third-order valence-electron chi connectivity index (χ3n) is 8.78. The Hall–Kier alpha value is -1.87. The maximum Gasteiger partial charge on any atom is 0.221 e. The van der Waals surface area contributed by atoms with Crippen molar-refractivity contribution in [2.75, 3.05) is 13.2 Å². The first kappa shape index (κ1) is 26.7. The van der Waals surface area contributed by atoms with Crippen LogP contribution in [0.5, 0.6) is 0 Å². The number of aliphatic hydroxyl groups is 1. The van der Waals surface area contributed by atoms with Gasteiger partial charge in [0.1, 0.15) is 16.9 Å². The molecule has 2 heterocycles. The Bertz CT molecular complexity index is 1250. The van der Waals surface area contributed by atoms with Gasteiger partial charge in [0.25, 0.3) is 0 Å². The summed E-state index contributed by atoms with van der Waals surface area (Å²) in [5.41, 5.74) is -0.508. The van der Waals surface area contributed by atoms with Gasteiger partial charge in [-0.05, 0) is 75.6 Å². The second-order valence-corrected chi connectivity index (χ2v) is 14.3. The Morgan fingerprint density at radius 2 is 1.70 bits per heavy atom. The zero-order valence-electron chi connectivity index (χ0n) is 21.8. The minimum absolute atomic E-state index is 0.0253. The van der Waals surface area contributed by atoms with Crippen LogP contribution < -0.4 is 0 Å². The Labute approximate surface area is 218 Å². The summed E-state index contributed by atoms with van der Waals surface area (Å²) in [5.74, 6) is -1.15. The number of halogens is 2. The molecule has 3 fully saturated rings. The molecule has 0 aromatic heterocycles. The Balaban J connectivity index is 1.41. The van der Waals surface area contributed by atoms with Crippen LogP contribution in [0.15, 0.2) is 42.5 Å². The minimum atomic E-state index is -3.76. The van der Waals surface area contributed by atoms with E-state index in [-0.39, 0.29) is 29.1 Å². The lowest BCUT2D eigenvalue weighted by molar-refractivity contribution is -0.123. The molecule has 1 N–H and O–H groups in total. The fourth-order valence-electron chi connectivity index (χ4n) is 6.68. The average molecular weight is 534 g/mol. The molecule has 202 valence electrons. The Kier molecular flexibility index (Phi) is 6.79. The molecule has 2 aliphatic heterocycles. The highest BCUT2D eigenvalue weighted by Gasteiger charge is 2.54. The molecular formula is C29H37F2NO4S. The summed E-state index contributed by atoms with van der Waals surface area (Å²) in [4.78, 5) is 0. The van der Waals surface area contributed by atoms with Gasteiger partial charge >= 0.3 is 0 Å². The van der Waals surface area contributed by atoms with Crippen molar-refractivity contribution in [3.05, 3.63) is 70.8 Å². The number of sulfonamides is 1. The molecule has 0 amide bonds. The number of hydrogen-bond acceptors (Lipinski definition) is 4. The van der Waals surface area contributed by atoms with Crippen LogP contribution in [0.3, 0.4) is 0 Å². The second kappa shape index (κ2) is 9.40. The highest BCUT2D eigenvalue weighted by Crippen LogP contribution is 2.55. The minimum Gasteiger partial charge on any atom is -0.390 e. The van der Waals surface area contributed by atoms with Crippen LogP contribution >= 0.6 is 0 Å². The lowest BCUT2D eigenvalue weighted by Gasteiger charge is -2.54. The van der Waals surface area contributed by atoms with Crippen molar-refractivity contribution in [3.8, 4) is 0 Å². The van der Waals surface area contributed by atoms with Gasteiger partial charge in [0, 0.05) is 29.0 Å². The molecule has 1 aliphatic carbocycles. The summed E-state index contributed by atoms with van der Waals surface area (Å²) in [6.45, 7) is 6.77. The lowest BCUT2D eigenvalue weighted by Crippen LogP contribution is -2.54. The molecule has 0 bridgehead atoms. The summed E-state index contributed by atoms with van der Waals surface area (Å²) >= 11 is 0. The van der Waals surface area contributed by atoms with E-state index in [0.717, 1.165) is 6.42 Å². The molecule has 0 radical (unpaired) electrons. The molecule has 8 heteroatoms. The SMILES string of the molecule is C[C@H]1CC[C@H](c2ccccc2)S(=O)(=O)N1Cc1cc(F)c(C2(CCC3(C)COC3)CC(C)(O)C2)cc1F. The first-order chi connectivity index (χ1) is 17.3. The summed E-state index contributed by atoms with van der Waals surface area (Å²) < 4.78 is 65.0. The van der Waals surface area contributed by atoms with E-state index in [1.54, 1.807) is 19.1 Å². The highest BCUT2D eigenvalue weighted by atomic mass is 32.2. The number of rotatable bonds is 7. The van der Waals surface area contributed by atoms with E-state index in [4.69, 9.17) is 4.74 Å². The molecule has 5 nitrogen and oxygen atoms in total. The van der Waals surface area contributed by atoms with Gasteiger partial charge in [0.15, 0.2) is 0 Å². The molecule has 5 rings (SSSR count). The van der Waals surface area contributed by atoms with Gasteiger partial charge < -0.3 is 9.84 Å². The van der Waals surface area contributed by atoms with E-state index < -0.39 is 37.9 Å². The van der Waals surface area contributed by atoms with E-state index in [1.807, 2.05) is 25.1 Å². The number of ether oxygens (including phenoxy) is 1. The van der Waals surface area contributed by atoms with Crippen molar-refractivity contribution in [1.29, 1.82) is 0 Å². The Morgan fingerprint density at radius 3 is 2.30 bits per heavy atom. The summed E-state index contributed by atoms with van der Waals surface area (Å²) in [6, 6.07) is 11.2. The van der Waals surface area contributed by atoms with Crippen molar-refractivity contribution in [2.24, 2.45) is 5.41 Å². The highest BCUT2D eigenvalue weighted by molar-refractivity contribution is 7.89. The van der Waals surface area contributed by atoms with Crippen LogP contribution in [0, 0.1) is 17.0 Å². The smallest absolute Gasteiger partial charge is 0.221 e. The van der Waals surface area contributed by atoms with Gasteiger partial charge in [-0.25, -0.2) is 17.2 Å². The third-order valence-corrected chi connectivity index (χ3v) is 11.1. The predicted molar refractivity (Wildman–Crippen MR) is 138 cm³/mol. The molecule has 2 saturated heterocycles. The van der Waals surface area contributed by atoms with Crippen molar-refractivity contribution in [1.82, 2.24) is 4.31 Å². The van der Waals surface area contributed by atoms with Crippen molar-refractivity contribution in [3.63, 3.8) is 0 Å². The maximum absolute atomic E-state index is 15.7. The van der Waals surface area contributed by atoms with Crippen LogP contribution in [-0.2, 0) is 26.7 Å². The Morgan fingerprint density at radius 1 is 1.03 bits per heavy atom. The van der Waals surface area contributed by atoms with Crippen LogP contribution in [0.2, 0.25) is 0 Å². The van der Waals surface area contributed by atoms with Gasteiger partial charge in [-0.2, -0.15) is 4.31 Å². The maximum atomic E-state index is 15.7. The van der Waals surface area contributed by atoms with E-state index in [0.29, 0.717) is 50.9 Å². The summed E-state index contributed by atoms with van der Waals surface area (Å²) in [7, 11) is -3.76. The predicted octanol–water partition coefficient (Wildman–Crippen LogP) is 5.62. The fraction of sp³-hybridized carbons (Fsp3) is 0.586. The summed E-state index contributed by atoms with van der Waals surface area (Å²) in [5, 5.41) is 9.83. The van der Waals surface area contributed by atoms with Crippen LogP contribution in [-0.4, -0.2) is 42.7 Å². The van der Waals surface area contributed by atoms with Crippen molar-refractivity contribution >= 4 is 10.0 Å². The summed E-state index contributed by atoms with van der Waals surface area (Å²) in [6.07, 6.45) is 3.30. The topological polar surface area (TPSA) is 66.8 Å². The standard InChI is InChI=1S/C29H37F2NO4S/c1-20-9-10-26(21-7-5-4-6-8-21)37(34,35)32(20)15-22-13-25(31)23(14-24(22)30)29(16-28(3,33)17-29)12-11-27(2)18-36-19-27/h4-8,13-14,20,26,33H,9-12,15-19H2,1-3H3/t20-,26+,28?,29?/m0/s1. The van der Waals surface area contributed by atoms with E-state index in [2.05, 4.69) is 6.92 Å². The number of nitrogens with zero attached hydrogens (tertiary/aromatic N) is 1. The molecule has 37 heavy (non-hydrogen) atoms. The molecule has 0 unspecified atom stereocenters. The van der Waals surface area contributed by atoms with Gasteiger partial charge in [0.2, 0.25) is 10.0 Å². The van der Waals surface area contributed by atoms with Gasteiger partial charge in [0.05, 0.1) is 18.8 Å². The quantitative estimate of drug-likeness (QED) is 0.502. The molecule has 2 aromatic carbocycles. The van der Waals surface area contributed by atoms with Crippen LogP contribution in [0.25, 0.3) is 0 Å². The van der Waals surface area contributed by atoms with Crippen LogP contribution in [0.4, 0.5) is 8.78 Å². The molecule has 2 atom stereocenters. The van der Waals surface area contributed by atoms with Gasteiger partial charge in [-0.3, -0.25) is 0 Å². The normalized spacial score (nSPS) is 32.9. The zero-order valence-corrected chi connectivity index (χ0v) is 22.7. The van der Waals surface area contributed by atoms with E-state index >= 15 is 8.78 Å². The molecule has 3 aliphatic rings. The van der Waals surface area contributed by atoms with Crippen molar-refractivity contribution in [2.45, 2.75) is 88.1 Å². The first-order valence-corrected chi connectivity index (χ1v) is 14.7. The zero-order chi connectivity index (χ0) is 26.6. The van der Waals surface area contributed by atoms with Crippen molar-refractivity contribution < 1.29 is 27.0 Å². The van der Waals surface area contributed by atoms with E-state index in [9.17, 15) is 13.5 Å². The monoisotopic (exact) mass is 533 g/mol. The van der Waals surface area contributed by atoms with Gasteiger partial charge in [-0.1, -0.05) is 37.3 Å². The number of benzene rings is 2. The fourth-order valence-corrected chi connectivity index (χ4v) is 8.87. The second-order valence-electron chi connectivity index (χ2n) is 12.3. The largest absolute Gasteiger partial charge is 0.390 e. The third kappa shape index (κ3) is 4.98. The number of hydrogen-bond donors (Lipinski definition) is 1. The van der Waals surface area contributed by atoms with Crippen LogP contribution in [0.1, 0.15) is 81.2 Å². The average Bonchev–Trinajstić information content (AvgIpc) is 2.80.